The van der Waals surface area contributed by atoms with E-state index in [1.807, 2.05) is 0 Å². The zero-order chi connectivity index (χ0) is 16.4. The second kappa shape index (κ2) is 6.38. The smallest absolute Gasteiger partial charge is 0.373 e. The molecule has 1 rings (SSSR count). The molecule has 0 spiro atoms. The van der Waals surface area contributed by atoms with Crippen LogP contribution in [0.15, 0.2) is 12.1 Å². The van der Waals surface area contributed by atoms with Crippen LogP contribution < -0.4 is 0 Å². The van der Waals surface area contributed by atoms with Crippen molar-refractivity contribution in [1.29, 1.82) is 0 Å². The summed E-state index contributed by atoms with van der Waals surface area (Å²) < 4.78 is 83.3. The number of rotatable bonds is 6. The predicted molar refractivity (Wildman–Crippen MR) is 66.2 cm³/mol. The molecule has 0 aliphatic rings. The Labute approximate surface area is 120 Å². The van der Waals surface area contributed by atoms with Gasteiger partial charge in [0, 0.05) is 20.3 Å². The molecule has 120 valence electrons. The average Bonchev–Trinajstić information content (AvgIpc) is 2.41. The lowest BCUT2D eigenvalue weighted by Gasteiger charge is -2.34. The fourth-order valence-electron chi connectivity index (χ4n) is 1.75. The van der Waals surface area contributed by atoms with E-state index in [-0.39, 0.29) is 0 Å². The second-order valence-electron chi connectivity index (χ2n) is 4.43. The highest BCUT2D eigenvalue weighted by Gasteiger charge is 2.66. The van der Waals surface area contributed by atoms with Crippen LogP contribution in [0.3, 0.4) is 0 Å². The highest BCUT2D eigenvalue weighted by atomic mass is 28.4. The number of alkyl halides is 2. The van der Waals surface area contributed by atoms with Crippen molar-refractivity contribution in [3.63, 3.8) is 0 Å². The van der Waals surface area contributed by atoms with Gasteiger partial charge in [-0.25, -0.2) is 13.2 Å². The van der Waals surface area contributed by atoms with Crippen molar-refractivity contribution < 1.29 is 35.2 Å². The molecule has 1 aromatic carbocycles. The van der Waals surface area contributed by atoms with Crippen molar-refractivity contribution in [2.75, 3.05) is 14.2 Å². The second-order valence-corrected chi connectivity index (χ2v) is 7.22. The zero-order valence-corrected chi connectivity index (χ0v) is 12.8. The fourth-order valence-corrected chi connectivity index (χ4v) is 3.92. The summed E-state index contributed by atoms with van der Waals surface area (Å²) in [7, 11) is -2.87. The van der Waals surface area contributed by atoms with Crippen LogP contribution in [-0.4, -0.2) is 29.1 Å². The molecule has 0 aliphatic carbocycles. The first-order valence-electron chi connectivity index (χ1n) is 5.92. The van der Waals surface area contributed by atoms with E-state index in [0.29, 0.717) is 12.1 Å². The van der Waals surface area contributed by atoms with E-state index in [1.54, 1.807) is 0 Å². The van der Waals surface area contributed by atoms with Crippen LogP contribution in [0.2, 0.25) is 0 Å². The van der Waals surface area contributed by atoms with E-state index in [1.165, 1.54) is 13.8 Å². The van der Waals surface area contributed by atoms with Crippen molar-refractivity contribution in [3.8, 4) is 0 Å². The molecule has 0 heterocycles. The monoisotopic (exact) mass is 330 g/mol. The first-order valence-corrected chi connectivity index (χ1v) is 7.65. The van der Waals surface area contributed by atoms with Gasteiger partial charge in [0.15, 0.2) is 17.5 Å². The molecular weight excluding hydrogens is 315 g/mol. The van der Waals surface area contributed by atoms with Crippen molar-refractivity contribution in [2.45, 2.75) is 25.5 Å². The van der Waals surface area contributed by atoms with Crippen LogP contribution in [0, 0.1) is 17.5 Å². The van der Waals surface area contributed by atoms with Gasteiger partial charge in [0.05, 0.1) is 5.56 Å². The Bertz CT molecular complexity index is 506. The molecule has 0 saturated heterocycles. The normalized spacial score (nSPS) is 13.0. The maximum Gasteiger partial charge on any atom is 0.579 e. The molecule has 21 heavy (non-hydrogen) atoms. The lowest BCUT2D eigenvalue weighted by molar-refractivity contribution is -0.0554. The van der Waals surface area contributed by atoms with E-state index in [2.05, 4.69) is 0 Å². The van der Waals surface area contributed by atoms with Crippen LogP contribution in [0.4, 0.5) is 22.0 Å². The summed E-state index contributed by atoms with van der Waals surface area (Å²) in [5.74, 6) is -5.57. The zero-order valence-electron chi connectivity index (χ0n) is 11.8. The molecule has 1 aromatic rings. The van der Waals surface area contributed by atoms with Crippen molar-refractivity contribution in [3.05, 3.63) is 35.1 Å². The third-order valence-electron chi connectivity index (χ3n) is 2.69. The lowest BCUT2D eigenvalue weighted by atomic mass is 10.2. The third-order valence-corrected chi connectivity index (χ3v) is 5.58. The summed E-state index contributed by atoms with van der Waals surface area (Å²) in [4.78, 5) is 0. The maximum atomic E-state index is 14.6. The summed E-state index contributed by atoms with van der Waals surface area (Å²) in [6.07, 6.45) is -0.712. The van der Waals surface area contributed by atoms with Gasteiger partial charge < -0.3 is 13.3 Å². The SMILES string of the molecule is CO[Si](OC)(OC(C)C)C(F)(F)c1ccc(F)c(F)c1F. The third kappa shape index (κ3) is 3.10. The van der Waals surface area contributed by atoms with E-state index < -0.39 is 43.5 Å². The van der Waals surface area contributed by atoms with Gasteiger partial charge in [0.25, 0.3) is 0 Å². The van der Waals surface area contributed by atoms with Gasteiger partial charge in [-0.05, 0) is 26.0 Å². The molecule has 0 amide bonds. The summed E-state index contributed by atoms with van der Waals surface area (Å²) >= 11 is 0. The molecule has 3 nitrogen and oxygen atoms in total. The topological polar surface area (TPSA) is 27.7 Å². The fraction of sp³-hybridized carbons (Fsp3) is 0.500. The molecule has 0 fully saturated rings. The molecule has 0 atom stereocenters. The molecule has 0 bridgehead atoms. The highest BCUT2D eigenvalue weighted by Crippen LogP contribution is 2.41. The Kier molecular flexibility index (Phi) is 5.48. The highest BCUT2D eigenvalue weighted by molar-refractivity contribution is 6.63. The molecule has 0 radical (unpaired) electrons. The first-order chi connectivity index (χ1) is 9.63. The number of hydrogen-bond donors (Lipinski definition) is 0. The van der Waals surface area contributed by atoms with E-state index in [9.17, 15) is 22.0 Å². The van der Waals surface area contributed by atoms with Gasteiger partial charge in [-0.2, -0.15) is 8.78 Å². The standard InChI is InChI=1S/C12H15F5O3Si/c1-7(2)20-21(18-3,19-4)12(16,17)8-5-6-9(13)11(15)10(8)14/h5-7H,1-4H3. The Morgan fingerprint density at radius 2 is 1.52 bits per heavy atom. The Morgan fingerprint density at radius 1 is 1.00 bits per heavy atom. The number of benzene rings is 1. The molecule has 0 aromatic heterocycles. The number of halogens is 5. The molecule has 0 aliphatic heterocycles. The van der Waals surface area contributed by atoms with Gasteiger partial charge >= 0.3 is 14.4 Å². The largest absolute Gasteiger partial charge is 0.579 e. The van der Waals surface area contributed by atoms with Gasteiger partial charge in [0.2, 0.25) is 0 Å². The minimum Gasteiger partial charge on any atom is -0.373 e. The van der Waals surface area contributed by atoms with Gasteiger partial charge in [0.1, 0.15) is 0 Å². The van der Waals surface area contributed by atoms with E-state index in [0.717, 1.165) is 14.2 Å². The van der Waals surface area contributed by atoms with Crippen molar-refractivity contribution >= 4 is 8.80 Å². The molecule has 0 saturated carbocycles. The minimum atomic E-state index is -4.71. The van der Waals surface area contributed by atoms with Crippen molar-refractivity contribution in [1.82, 2.24) is 0 Å². The van der Waals surface area contributed by atoms with Crippen molar-refractivity contribution in [2.24, 2.45) is 0 Å². The first kappa shape index (κ1) is 18.0. The summed E-state index contributed by atoms with van der Waals surface area (Å²) in [6, 6.07) is 0.846. The van der Waals surface area contributed by atoms with Gasteiger partial charge in [-0.15, -0.1) is 0 Å². The molecule has 9 heteroatoms. The Morgan fingerprint density at radius 3 is 1.95 bits per heavy atom. The van der Waals surface area contributed by atoms with Crippen LogP contribution >= 0.6 is 0 Å². The minimum absolute atomic E-state index is 0.404. The average molecular weight is 330 g/mol. The van der Waals surface area contributed by atoms with Gasteiger partial charge in [-0.1, -0.05) is 0 Å². The maximum absolute atomic E-state index is 14.6. The Hall–Kier alpha value is -1.03. The quantitative estimate of drug-likeness (QED) is 0.455. The number of hydrogen-bond acceptors (Lipinski definition) is 3. The predicted octanol–water partition coefficient (Wildman–Crippen LogP) is 3.39. The molecule has 0 unspecified atom stereocenters. The van der Waals surface area contributed by atoms with Crippen LogP contribution in [0.25, 0.3) is 0 Å². The van der Waals surface area contributed by atoms with Gasteiger partial charge in [-0.3, -0.25) is 0 Å². The summed E-state index contributed by atoms with van der Waals surface area (Å²) in [5, 5.41) is 0. The van der Waals surface area contributed by atoms with E-state index >= 15 is 0 Å². The summed E-state index contributed by atoms with van der Waals surface area (Å²) in [5.41, 5.74) is -5.48. The lowest BCUT2D eigenvalue weighted by Crippen LogP contribution is -2.59. The van der Waals surface area contributed by atoms with Crippen LogP contribution in [0.5, 0.6) is 0 Å². The summed E-state index contributed by atoms with van der Waals surface area (Å²) in [6.45, 7) is 2.91. The molecular formula is C12H15F5O3Si. The van der Waals surface area contributed by atoms with Crippen LogP contribution in [0.1, 0.15) is 19.4 Å². The molecule has 0 N–H and O–H groups in total. The van der Waals surface area contributed by atoms with Crippen LogP contribution in [-0.2, 0) is 18.8 Å². The Balaban J connectivity index is 3.45. The van der Waals surface area contributed by atoms with E-state index in [4.69, 9.17) is 13.3 Å².